The fourth-order valence-corrected chi connectivity index (χ4v) is 3.87. The van der Waals surface area contributed by atoms with Gasteiger partial charge in [-0.05, 0) is 66.6 Å². The quantitative estimate of drug-likeness (QED) is 0.417. The van der Waals surface area contributed by atoms with Gasteiger partial charge in [-0.1, -0.05) is 68.8 Å². The van der Waals surface area contributed by atoms with Crippen molar-refractivity contribution < 1.29 is 14.3 Å². The van der Waals surface area contributed by atoms with Crippen LogP contribution in [-0.4, -0.2) is 5.78 Å². The monoisotopic (exact) mass is 426 g/mol. The zero-order valence-corrected chi connectivity index (χ0v) is 19.7. The second-order valence-electron chi connectivity index (χ2n) is 9.60. The van der Waals surface area contributed by atoms with Crippen molar-refractivity contribution in [1.82, 2.24) is 0 Å². The van der Waals surface area contributed by atoms with E-state index < -0.39 is 0 Å². The summed E-state index contributed by atoms with van der Waals surface area (Å²) < 4.78 is 12.1. The molecule has 0 spiro atoms. The Labute approximate surface area is 190 Å². The zero-order chi connectivity index (χ0) is 23.0. The Morgan fingerprint density at radius 3 is 2.34 bits per heavy atom. The third-order valence-electron chi connectivity index (χ3n) is 6.00. The second kappa shape index (κ2) is 8.31. The number of ether oxygens (including phenoxy) is 2. The molecule has 0 unspecified atom stereocenters. The first kappa shape index (κ1) is 21.9. The summed E-state index contributed by atoms with van der Waals surface area (Å²) in [5.74, 6) is 1.57. The number of hydrogen-bond donors (Lipinski definition) is 0. The molecular formula is C29H30O3. The van der Waals surface area contributed by atoms with Gasteiger partial charge in [0.1, 0.15) is 18.1 Å². The molecule has 0 radical (unpaired) electrons. The molecule has 3 aromatic rings. The van der Waals surface area contributed by atoms with Gasteiger partial charge < -0.3 is 9.47 Å². The van der Waals surface area contributed by atoms with Crippen LogP contribution in [0.25, 0.3) is 6.08 Å². The number of aryl methyl sites for hydroxylation is 2. The van der Waals surface area contributed by atoms with Crippen LogP contribution in [-0.2, 0) is 12.0 Å². The van der Waals surface area contributed by atoms with Crippen molar-refractivity contribution in [3.8, 4) is 11.5 Å². The Bertz CT molecular complexity index is 1210. The van der Waals surface area contributed by atoms with E-state index in [0.717, 1.165) is 22.4 Å². The largest absolute Gasteiger partial charge is 0.488 e. The number of allylic oxidation sites excluding steroid dienone is 1. The second-order valence-corrected chi connectivity index (χ2v) is 9.60. The van der Waals surface area contributed by atoms with E-state index in [2.05, 4.69) is 65.0 Å². The van der Waals surface area contributed by atoms with Crippen LogP contribution >= 0.6 is 0 Å². The molecule has 1 aliphatic heterocycles. The molecule has 0 N–H and O–H groups in total. The standard InChI is InChI=1S/C29H30O3/c1-18-7-8-19(2)22(15-18)17-31-25-14-13-24-27(30)26(32-28(24)20(25)3)16-21-9-11-23(12-10-21)29(4,5)6/h7-16H,17H2,1-6H3/b26-16-. The molecule has 32 heavy (non-hydrogen) atoms. The van der Waals surface area contributed by atoms with E-state index in [1.807, 2.05) is 31.2 Å². The number of rotatable bonds is 4. The normalized spacial score (nSPS) is 14.4. The van der Waals surface area contributed by atoms with E-state index in [1.54, 1.807) is 6.07 Å². The maximum atomic E-state index is 12.9. The lowest BCUT2D eigenvalue weighted by atomic mass is 9.86. The van der Waals surface area contributed by atoms with Crippen molar-refractivity contribution in [3.05, 3.63) is 99.3 Å². The molecule has 0 fully saturated rings. The molecule has 1 aliphatic rings. The Morgan fingerprint density at radius 2 is 1.66 bits per heavy atom. The average Bonchev–Trinajstić information content (AvgIpc) is 3.06. The minimum Gasteiger partial charge on any atom is -0.488 e. The predicted molar refractivity (Wildman–Crippen MR) is 130 cm³/mol. The van der Waals surface area contributed by atoms with Gasteiger partial charge in [0.2, 0.25) is 5.78 Å². The van der Waals surface area contributed by atoms with Crippen molar-refractivity contribution >= 4 is 11.9 Å². The lowest BCUT2D eigenvalue weighted by molar-refractivity contribution is 0.101. The topological polar surface area (TPSA) is 35.5 Å². The zero-order valence-electron chi connectivity index (χ0n) is 19.7. The summed E-state index contributed by atoms with van der Waals surface area (Å²) in [7, 11) is 0. The molecule has 0 aliphatic carbocycles. The summed E-state index contributed by atoms with van der Waals surface area (Å²) >= 11 is 0. The highest BCUT2D eigenvalue weighted by Crippen LogP contribution is 2.39. The van der Waals surface area contributed by atoms with Crippen LogP contribution in [0.4, 0.5) is 0 Å². The number of ketones is 1. The van der Waals surface area contributed by atoms with Gasteiger partial charge in [-0.25, -0.2) is 0 Å². The minimum atomic E-state index is -0.0934. The SMILES string of the molecule is Cc1ccc(C)c(COc2ccc3c(c2C)O/C(=C\c2ccc(C(C)(C)C)cc2)C3=O)c1. The highest BCUT2D eigenvalue weighted by atomic mass is 16.5. The first-order valence-corrected chi connectivity index (χ1v) is 11.0. The summed E-state index contributed by atoms with van der Waals surface area (Å²) in [6, 6.07) is 18.3. The summed E-state index contributed by atoms with van der Waals surface area (Å²) in [5, 5.41) is 0. The molecule has 3 nitrogen and oxygen atoms in total. The fourth-order valence-electron chi connectivity index (χ4n) is 3.87. The number of carbonyl (C=O) groups excluding carboxylic acids is 1. The third-order valence-corrected chi connectivity index (χ3v) is 6.00. The van der Waals surface area contributed by atoms with Crippen molar-refractivity contribution in [3.63, 3.8) is 0 Å². The van der Waals surface area contributed by atoms with Crippen LogP contribution in [0.15, 0.2) is 60.4 Å². The number of Topliss-reactive ketones (excluding diaryl/α,β-unsaturated/α-hetero) is 1. The van der Waals surface area contributed by atoms with Gasteiger partial charge in [0, 0.05) is 5.56 Å². The van der Waals surface area contributed by atoms with Gasteiger partial charge in [-0.3, -0.25) is 4.79 Å². The first-order chi connectivity index (χ1) is 15.1. The molecule has 0 saturated heterocycles. The summed E-state index contributed by atoms with van der Waals surface area (Å²) in [6.07, 6.45) is 1.81. The molecule has 1 heterocycles. The van der Waals surface area contributed by atoms with Crippen LogP contribution < -0.4 is 9.47 Å². The van der Waals surface area contributed by atoms with Gasteiger partial charge in [0.05, 0.1) is 5.56 Å². The van der Waals surface area contributed by atoms with Crippen molar-refractivity contribution in [2.75, 3.05) is 0 Å². The van der Waals surface area contributed by atoms with Gasteiger partial charge in [-0.2, -0.15) is 0 Å². The predicted octanol–water partition coefficient (Wildman–Crippen LogP) is 7.10. The molecule has 3 heteroatoms. The Hall–Kier alpha value is -3.33. The van der Waals surface area contributed by atoms with E-state index in [9.17, 15) is 4.79 Å². The van der Waals surface area contributed by atoms with E-state index in [4.69, 9.17) is 9.47 Å². The van der Waals surface area contributed by atoms with E-state index in [0.29, 0.717) is 23.7 Å². The molecule has 0 bridgehead atoms. The van der Waals surface area contributed by atoms with Gasteiger partial charge in [-0.15, -0.1) is 0 Å². The van der Waals surface area contributed by atoms with Crippen LogP contribution in [0.5, 0.6) is 11.5 Å². The maximum Gasteiger partial charge on any atom is 0.231 e. The third kappa shape index (κ3) is 4.34. The summed E-state index contributed by atoms with van der Waals surface area (Å²) in [5.41, 5.74) is 7.27. The number of fused-ring (bicyclic) bond motifs is 1. The Morgan fingerprint density at radius 1 is 0.938 bits per heavy atom. The molecule has 164 valence electrons. The Balaban J connectivity index is 1.55. The van der Waals surface area contributed by atoms with Crippen molar-refractivity contribution in [2.45, 2.75) is 53.6 Å². The maximum absolute atomic E-state index is 12.9. The van der Waals surface area contributed by atoms with Crippen LogP contribution in [0.2, 0.25) is 0 Å². The average molecular weight is 427 g/mol. The summed E-state index contributed by atoms with van der Waals surface area (Å²) in [6.45, 7) is 13.1. The summed E-state index contributed by atoms with van der Waals surface area (Å²) in [4.78, 5) is 12.9. The van der Waals surface area contributed by atoms with Gasteiger partial charge in [0.15, 0.2) is 5.76 Å². The highest BCUT2D eigenvalue weighted by molar-refractivity contribution is 6.14. The molecule has 0 saturated carbocycles. The van der Waals surface area contributed by atoms with Crippen LogP contribution in [0, 0.1) is 20.8 Å². The number of hydrogen-bond acceptors (Lipinski definition) is 3. The molecule has 3 aromatic carbocycles. The molecular weight excluding hydrogens is 396 g/mol. The molecule has 0 atom stereocenters. The first-order valence-electron chi connectivity index (χ1n) is 11.0. The lowest BCUT2D eigenvalue weighted by Crippen LogP contribution is -2.10. The van der Waals surface area contributed by atoms with Crippen molar-refractivity contribution in [2.24, 2.45) is 0 Å². The van der Waals surface area contributed by atoms with Gasteiger partial charge >= 0.3 is 0 Å². The molecule has 4 rings (SSSR count). The smallest absolute Gasteiger partial charge is 0.231 e. The molecule has 0 aromatic heterocycles. The van der Waals surface area contributed by atoms with Crippen LogP contribution in [0.1, 0.15) is 64.5 Å². The minimum absolute atomic E-state index is 0.0894. The van der Waals surface area contributed by atoms with Gasteiger partial charge in [0.25, 0.3) is 0 Å². The molecule has 0 amide bonds. The van der Waals surface area contributed by atoms with E-state index >= 15 is 0 Å². The number of carbonyl (C=O) groups is 1. The Kier molecular flexibility index (Phi) is 5.68. The fraction of sp³-hybridized carbons (Fsp3) is 0.276. The highest BCUT2D eigenvalue weighted by Gasteiger charge is 2.30. The lowest BCUT2D eigenvalue weighted by Gasteiger charge is -2.18. The van der Waals surface area contributed by atoms with E-state index in [-0.39, 0.29) is 11.2 Å². The van der Waals surface area contributed by atoms with Crippen molar-refractivity contribution in [1.29, 1.82) is 0 Å². The number of benzene rings is 3. The van der Waals surface area contributed by atoms with Crippen LogP contribution in [0.3, 0.4) is 0 Å². The van der Waals surface area contributed by atoms with E-state index in [1.165, 1.54) is 16.7 Å².